The molecule has 0 aromatic carbocycles. The number of aliphatic hydroxyl groups excluding tert-OH is 1. The zero-order chi connectivity index (χ0) is 25.0. The van der Waals surface area contributed by atoms with Crippen LogP contribution in [0.3, 0.4) is 0 Å². The van der Waals surface area contributed by atoms with Gasteiger partial charge in [-0.25, -0.2) is 0 Å². The molecule has 2 saturated heterocycles. The lowest BCUT2D eigenvalue weighted by Crippen LogP contribution is -2.58. The monoisotopic (exact) mass is 502 g/mol. The highest BCUT2D eigenvalue weighted by Crippen LogP contribution is 2.65. The number of nitrogens with zero attached hydrogens (tertiary/aromatic N) is 2. The zero-order valence-electron chi connectivity index (χ0n) is 21.0. The van der Waals surface area contributed by atoms with Gasteiger partial charge in [-0.1, -0.05) is 51.3 Å². The van der Waals surface area contributed by atoms with E-state index >= 15 is 0 Å². The maximum absolute atomic E-state index is 14.4. The number of fused-ring (bicyclic) bond motifs is 2. The molecule has 35 heavy (non-hydrogen) atoms. The van der Waals surface area contributed by atoms with Gasteiger partial charge in [-0.3, -0.25) is 14.4 Å². The summed E-state index contributed by atoms with van der Waals surface area (Å²) in [6.45, 7) is 6.62. The Labute approximate surface area is 212 Å². The summed E-state index contributed by atoms with van der Waals surface area (Å²) < 4.78 is 3.98. The molecular formula is C27H38N2O5S. The summed E-state index contributed by atoms with van der Waals surface area (Å²) in [5.74, 6) is -1.75. The van der Waals surface area contributed by atoms with Crippen molar-refractivity contribution >= 4 is 29.5 Å². The topological polar surface area (TPSA) is 87.2 Å². The van der Waals surface area contributed by atoms with Crippen LogP contribution in [0.5, 0.6) is 0 Å². The Morgan fingerprint density at radius 3 is 2.51 bits per heavy atom. The van der Waals surface area contributed by atoms with Crippen molar-refractivity contribution in [1.29, 1.82) is 0 Å². The predicted octanol–water partition coefficient (Wildman–Crippen LogP) is 2.93. The second kappa shape index (κ2) is 9.25. The maximum atomic E-state index is 14.4. The molecule has 1 unspecified atom stereocenters. The molecule has 0 aromatic heterocycles. The molecule has 4 aliphatic heterocycles. The van der Waals surface area contributed by atoms with Gasteiger partial charge in [0, 0.05) is 17.3 Å². The molecule has 1 N–H and O–H groups in total. The summed E-state index contributed by atoms with van der Waals surface area (Å²) in [6.07, 6.45) is 13.9. The van der Waals surface area contributed by atoms with Gasteiger partial charge in [0.05, 0.1) is 29.2 Å². The van der Waals surface area contributed by atoms with Gasteiger partial charge in [0.2, 0.25) is 11.8 Å². The van der Waals surface area contributed by atoms with E-state index in [2.05, 4.69) is 19.9 Å². The molecule has 1 saturated carbocycles. The molecule has 1 spiro atoms. The molecule has 8 heteroatoms. The van der Waals surface area contributed by atoms with E-state index in [4.69, 9.17) is 4.74 Å². The van der Waals surface area contributed by atoms with E-state index in [1.54, 1.807) is 16.7 Å². The van der Waals surface area contributed by atoms with Crippen LogP contribution in [0.2, 0.25) is 0 Å². The third kappa shape index (κ3) is 3.86. The summed E-state index contributed by atoms with van der Waals surface area (Å²) in [4.78, 5) is 45.6. The summed E-state index contributed by atoms with van der Waals surface area (Å²) >= 11 is 1.57. The van der Waals surface area contributed by atoms with Gasteiger partial charge in [0.1, 0.15) is 12.6 Å². The van der Waals surface area contributed by atoms with E-state index in [-0.39, 0.29) is 43.0 Å². The Balaban J connectivity index is 1.63. The molecule has 5 aliphatic rings. The Kier molecular flexibility index (Phi) is 6.58. The molecule has 6 atom stereocenters. The maximum Gasteiger partial charge on any atom is 0.311 e. The summed E-state index contributed by atoms with van der Waals surface area (Å²) in [7, 11) is 0. The zero-order valence-corrected chi connectivity index (χ0v) is 21.8. The van der Waals surface area contributed by atoms with Crippen LogP contribution in [0, 0.1) is 17.8 Å². The number of esters is 1. The number of amides is 2. The minimum Gasteiger partial charge on any atom is -0.461 e. The van der Waals surface area contributed by atoms with E-state index in [1.807, 2.05) is 30.1 Å². The lowest BCUT2D eigenvalue weighted by atomic mass is 9.75. The van der Waals surface area contributed by atoms with Gasteiger partial charge in [0.15, 0.2) is 0 Å². The number of likely N-dealkylation sites (tertiary alicyclic amines) is 1. The van der Waals surface area contributed by atoms with Crippen molar-refractivity contribution in [2.75, 3.05) is 19.8 Å². The smallest absolute Gasteiger partial charge is 0.311 e. The van der Waals surface area contributed by atoms with E-state index in [9.17, 15) is 19.5 Å². The molecule has 5 rings (SSSR count). The number of hydrogen-bond acceptors (Lipinski definition) is 6. The van der Waals surface area contributed by atoms with Gasteiger partial charge in [-0.15, -0.1) is 11.8 Å². The van der Waals surface area contributed by atoms with Crippen LogP contribution in [-0.4, -0.2) is 80.1 Å². The van der Waals surface area contributed by atoms with Crippen LogP contribution >= 0.6 is 11.8 Å². The van der Waals surface area contributed by atoms with Crippen molar-refractivity contribution in [3.05, 3.63) is 24.3 Å². The minimum atomic E-state index is -0.873. The van der Waals surface area contributed by atoms with E-state index in [0.717, 1.165) is 25.7 Å². The number of rotatable bonds is 5. The predicted molar refractivity (Wildman–Crippen MR) is 134 cm³/mol. The number of carbonyl (C=O) groups is 3. The summed E-state index contributed by atoms with van der Waals surface area (Å²) in [5.41, 5.74) is 0. The Hall–Kier alpha value is -1.80. The number of cyclic esters (lactones) is 1. The van der Waals surface area contributed by atoms with Crippen LogP contribution in [-0.2, 0) is 19.1 Å². The lowest BCUT2D eigenvalue weighted by Gasteiger charge is -2.42. The second-order valence-electron chi connectivity index (χ2n) is 11.4. The number of hydrogen-bond donors (Lipinski definition) is 1. The highest BCUT2D eigenvalue weighted by Gasteiger charge is 2.74. The molecular weight excluding hydrogens is 464 g/mol. The van der Waals surface area contributed by atoms with Crippen LogP contribution in [0.1, 0.15) is 59.3 Å². The van der Waals surface area contributed by atoms with E-state index in [0.29, 0.717) is 13.0 Å². The molecule has 4 heterocycles. The van der Waals surface area contributed by atoms with E-state index in [1.165, 1.54) is 6.42 Å². The molecule has 3 fully saturated rings. The number of thioether (sulfide) groups is 1. The first-order valence-electron chi connectivity index (χ1n) is 13.2. The molecule has 0 aromatic rings. The van der Waals surface area contributed by atoms with Gasteiger partial charge in [-0.05, 0) is 38.2 Å². The third-order valence-corrected chi connectivity index (χ3v) is 10.4. The van der Waals surface area contributed by atoms with Crippen LogP contribution in [0.4, 0.5) is 0 Å². The molecule has 7 nitrogen and oxygen atoms in total. The molecule has 2 amide bonds. The first-order valence-corrected chi connectivity index (χ1v) is 14.0. The number of ether oxygens (including phenoxy) is 1. The van der Waals surface area contributed by atoms with Crippen LogP contribution in [0.15, 0.2) is 24.3 Å². The van der Waals surface area contributed by atoms with Gasteiger partial charge in [0.25, 0.3) is 0 Å². The fraction of sp³-hybridized carbons (Fsp3) is 0.741. The van der Waals surface area contributed by atoms with Crippen molar-refractivity contribution < 1.29 is 24.2 Å². The first kappa shape index (κ1) is 24.9. The van der Waals surface area contributed by atoms with Crippen molar-refractivity contribution in [3.63, 3.8) is 0 Å². The molecule has 0 radical (unpaired) electrons. The fourth-order valence-corrected chi connectivity index (χ4v) is 9.39. The highest BCUT2D eigenvalue weighted by atomic mass is 32.2. The largest absolute Gasteiger partial charge is 0.461 e. The Morgan fingerprint density at radius 1 is 1.09 bits per heavy atom. The van der Waals surface area contributed by atoms with Gasteiger partial charge < -0.3 is 19.6 Å². The van der Waals surface area contributed by atoms with Crippen molar-refractivity contribution in [2.24, 2.45) is 17.8 Å². The minimum absolute atomic E-state index is 0.0372. The van der Waals surface area contributed by atoms with E-state index < -0.39 is 33.4 Å². The van der Waals surface area contributed by atoms with Crippen molar-refractivity contribution in [1.82, 2.24) is 9.80 Å². The fourth-order valence-electron chi connectivity index (χ4n) is 7.25. The first-order chi connectivity index (χ1) is 16.7. The average molecular weight is 503 g/mol. The highest BCUT2D eigenvalue weighted by molar-refractivity contribution is 8.02. The van der Waals surface area contributed by atoms with Crippen LogP contribution < -0.4 is 0 Å². The summed E-state index contributed by atoms with van der Waals surface area (Å²) in [6, 6.07) is -1.04. The molecule has 192 valence electrons. The second-order valence-corrected chi connectivity index (χ2v) is 13.2. The normalized spacial score (nSPS) is 38.2. The average Bonchev–Trinajstić information content (AvgIpc) is 3.09. The van der Waals surface area contributed by atoms with Gasteiger partial charge >= 0.3 is 5.97 Å². The lowest BCUT2D eigenvalue weighted by molar-refractivity contribution is -0.153. The standard InChI is InChI=1S/C27H38N2O5S/c1-17(2)15-19(16-30)29-22-24(32)28(18-9-5-4-6-10-18)13-7-12-27(22)20(23(29)31)21-25(33)34-14-8-11-26(21,3)35-27/h7-8,11-12,17-22,30H,4-6,9-10,13-16H2,1-3H3/t19-,20+,21+,22?,26-,27+/m1/s1. The van der Waals surface area contributed by atoms with Gasteiger partial charge in [-0.2, -0.15) is 0 Å². The number of carbonyl (C=O) groups excluding carboxylic acids is 3. The third-order valence-electron chi connectivity index (χ3n) is 8.64. The van der Waals surface area contributed by atoms with Crippen molar-refractivity contribution in [3.8, 4) is 0 Å². The Morgan fingerprint density at radius 2 is 1.83 bits per heavy atom. The SMILES string of the molecule is CC(C)C[C@H](CO)N1C(=O)[C@@H]2[C@H]3C(=O)OCC=C[C@@]3(C)S[C@@]23C=CCN(C2CCCCC2)C(=O)C13. The quantitative estimate of drug-likeness (QED) is 0.460. The molecule has 0 bridgehead atoms. The molecule has 1 aliphatic carbocycles. The van der Waals surface area contributed by atoms with Crippen molar-refractivity contribution in [2.45, 2.75) is 86.9 Å². The summed E-state index contributed by atoms with van der Waals surface area (Å²) in [5, 5.41) is 10.4. The Bertz CT molecular complexity index is 944. The van der Waals surface area contributed by atoms with Crippen LogP contribution in [0.25, 0.3) is 0 Å². The number of aliphatic hydroxyl groups is 1.